The summed E-state index contributed by atoms with van der Waals surface area (Å²) in [5.74, 6) is 0. The van der Waals surface area contributed by atoms with E-state index in [1.54, 1.807) is 24.3 Å². The molecule has 2 saturated heterocycles. The number of hydrogen-bond donors (Lipinski definition) is 0. The molecule has 0 unspecified atom stereocenters. The van der Waals surface area contributed by atoms with Gasteiger partial charge in [0.05, 0.1) is 11.0 Å². The zero-order valence-corrected chi connectivity index (χ0v) is 12.4. The Morgan fingerprint density at radius 3 is 2.55 bits per heavy atom. The zero-order valence-electron chi connectivity index (χ0n) is 11.6. The molecule has 2 aliphatic heterocycles. The Morgan fingerprint density at radius 1 is 1.00 bits per heavy atom. The Balaban J connectivity index is 1.76. The van der Waals surface area contributed by atoms with Crippen LogP contribution in [0.25, 0.3) is 0 Å². The largest absolute Gasteiger partial charge is 0.298 e. The van der Waals surface area contributed by atoms with E-state index >= 15 is 0 Å². The lowest BCUT2D eigenvalue weighted by Crippen LogP contribution is -2.51. The maximum atomic E-state index is 12.3. The van der Waals surface area contributed by atoms with Gasteiger partial charge in [-0.3, -0.25) is 9.08 Å². The van der Waals surface area contributed by atoms with Crippen LogP contribution in [0.4, 0.5) is 0 Å². The van der Waals surface area contributed by atoms with Crippen molar-refractivity contribution in [1.82, 2.24) is 4.90 Å². The number of nitrogens with zero attached hydrogens (tertiary/aromatic N) is 1. The van der Waals surface area contributed by atoms with Crippen LogP contribution in [0.1, 0.15) is 32.1 Å². The van der Waals surface area contributed by atoms with Crippen molar-refractivity contribution in [3.05, 3.63) is 30.3 Å². The quantitative estimate of drug-likeness (QED) is 0.803. The van der Waals surface area contributed by atoms with E-state index in [4.69, 9.17) is 4.18 Å². The van der Waals surface area contributed by atoms with Gasteiger partial charge in [-0.25, -0.2) is 0 Å². The van der Waals surface area contributed by atoms with Crippen molar-refractivity contribution in [2.75, 3.05) is 13.1 Å². The van der Waals surface area contributed by atoms with E-state index in [1.807, 2.05) is 6.07 Å². The highest BCUT2D eigenvalue weighted by atomic mass is 32.2. The summed E-state index contributed by atoms with van der Waals surface area (Å²) in [4.78, 5) is 2.66. The van der Waals surface area contributed by atoms with Crippen molar-refractivity contribution >= 4 is 10.1 Å². The lowest BCUT2D eigenvalue weighted by atomic mass is 9.91. The molecule has 0 bridgehead atoms. The minimum atomic E-state index is -3.64. The van der Waals surface area contributed by atoms with Crippen LogP contribution >= 0.6 is 0 Å². The van der Waals surface area contributed by atoms with E-state index in [-0.39, 0.29) is 17.0 Å². The summed E-state index contributed by atoms with van der Waals surface area (Å²) in [5.41, 5.74) is 0. The van der Waals surface area contributed by atoms with Crippen LogP contribution in [0.5, 0.6) is 0 Å². The van der Waals surface area contributed by atoms with Gasteiger partial charge in [0, 0.05) is 6.04 Å². The van der Waals surface area contributed by atoms with Crippen molar-refractivity contribution in [3.8, 4) is 0 Å². The molecule has 0 amide bonds. The van der Waals surface area contributed by atoms with E-state index in [2.05, 4.69) is 4.90 Å². The summed E-state index contributed by atoms with van der Waals surface area (Å²) in [6, 6.07) is 8.72. The molecule has 2 heterocycles. The topological polar surface area (TPSA) is 46.6 Å². The first-order valence-corrected chi connectivity index (χ1v) is 8.80. The fourth-order valence-electron chi connectivity index (χ4n) is 3.32. The predicted octanol–water partition coefficient (Wildman–Crippen LogP) is 2.41. The molecule has 3 rings (SSSR count). The van der Waals surface area contributed by atoms with Crippen LogP contribution in [-0.4, -0.2) is 38.6 Å². The molecule has 2 aliphatic rings. The second-order valence-corrected chi connectivity index (χ2v) is 7.22. The summed E-state index contributed by atoms with van der Waals surface area (Å²) in [6.45, 7) is 2.16. The van der Waals surface area contributed by atoms with Crippen molar-refractivity contribution in [3.63, 3.8) is 0 Å². The lowest BCUT2D eigenvalue weighted by molar-refractivity contribution is 0.00891. The molecule has 0 saturated carbocycles. The Bertz CT molecular complexity index is 541. The fraction of sp³-hybridized carbons (Fsp3) is 0.600. The molecule has 5 heteroatoms. The molecule has 0 spiro atoms. The third kappa shape index (κ3) is 2.90. The molecule has 0 aromatic heterocycles. The Kier molecular flexibility index (Phi) is 4.10. The van der Waals surface area contributed by atoms with Gasteiger partial charge < -0.3 is 0 Å². The molecule has 0 N–H and O–H groups in total. The van der Waals surface area contributed by atoms with E-state index in [9.17, 15) is 8.42 Å². The van der Waals surface area contributed by atoms with Crippen LogP contribution in [-0.2, 0) is 14.3 Å². The third-order valence-corrected chi connectivity index (χ3v) is 5.66. The lowest BCUT2D eigenvalue weighted by Gasteiger charge is -2.43. The van der Waals surface area contributed by atoms with E-state index in [0.717, 1.165) is 32.4 Å². The first-order valence-electron chi connectivity index (χ1n) is 7.39. The number of hydrogen-bond acceptors (Lipinski definition) is 4. The summed E-state index contributed by atoms with van der Waals surface area (Å²) in [5, 5.41) is 0. The van der Waals surface area contributed by atoms with Crippen molar-refractivity contribution in [2.45, 2.75) is 49.1 Å². The normalized spacial score (nSPS) is 28.0. The van der Waals surface area contributed by atoms with Gasteiger partial charge >= 0.3 is 0 Å². The summed E-state index contributed by atoms with van der Waals surface area (Å²) in [6.07, 6.45) is 5.11. The van der Waals surface area contributed by atoms with Gasteiger partial charge in [-0.05, 0) is 50.9 Å². The Morgan fingerprint density at radius 2 is 1.75 bits per heavy atom. The van der Waals surface area contributed by atoms with Crippen LogP contribution in [0.15, 0.2) is 35.2 Å². The van der Waals surface area contributed by atoms with Crippen LogP contribution < -0.4 is 0 Å². The minimum absolute atomic E-state index is 0.186. The molecular formula is C15H21NO3S. The van der Waals surface area contributed by atoms with E-state index < -0.39 is 10.1 Å². The highest BCUT2D eigenvalue weighted by Crippen LogP contribution is 2.30. The SMILES string of the molecule is O=S(=O)(O[C@H]1CCCN2CCCC[C@H]12)c1ccccc1. The average molecular weight is 295 g/mol. The summed E-state index contributed by atoms with van der Waals surface area (Å²) < 4.78 is 30.2. The molecule has 20 heavy (non-hydrogen) atoms. The molecule has 110 valence electrons. The number of benzene rings is 1. The standard InChI is InChI=1S/C15H21NO3S/c17-20(18,13-7-2-1-3-8-13)19-15-10-6-12-16-11-5-4-9-14(15)16/h1-3,7-8,14-15H,4-6,9-12H2/t14-,15+/m1/s1. The van der Waals surface area contributed by atoms with Crippen molar-refractivity contribution in [1.29, 1.82) is 0 Å². The van der Waals surface area contributed by atoms with Gasteiger partial charge in [0.2, 0.25) is 0 Å². The third-order valence-electron chi connectivity index (χ3n) is 4.31. The van der Waals surface area contributed by atoms with Crippen molar-refractivity contribution < 1.29 is 12.6 Å². The number of piperidine rings is 2. The molecule has 0 radical (unpaired) electrons. The highest BCUT2D eigenvalue weighted by molar-refractivity contribution is 7.86. The molecule has 1 aromatic rings. The molecule has 1 aromatic carbocycles. The molecule has 2 fully saturated rings. The van der Waals surface area contributed by atoms with Gasteiger partial charge in [0.15, 0.2) is 0 Å². The number of fused-ring (bicyclic) bond motifs is 1. The molecule has 4 nitrogen and oxygen atoms in total. The van der Waals surface area contributed by atoms with Crippen LogP contribution in [0, 0.1) is 0 Å². The molecule has 2 atom stereocenters. The average Bonchev–Trinajstić information content (AvgIpc) is 2.48. The second-order valence-electron chi connectivity index (χ2n) is 5.64. The first-order chi connectivity index (χ1) is 9.67. The maximum Gasteiger partial charge on any atom is 0.297 e. The Labute approximate surface area is 120 Å². The molecular weight excluding hydrogens is 274 g/mol. The van der Waals surface area contributed by atoms with Crippen molar-refractivity contribution in [2.24, 2.45) is 0 Å². The zero-order chi connectivity index (χ0) is 14.0. The van der Waals surface area contributed by atoms with Gasteiger partial charge in [0.25, 0.3) is 10.1 Å². The van der Waals surface area contributed by atoms with Gasteiger partial charge in [-0.1, -0.05) is 24.6 Å². The van der Waals surface area contributed by atoms with Gasteiger partial charge in [-0.2, -0.15) is 8.42 Å². The van der Waals surface area contributed by atoms with Gasteiger partial charge in [-0.15, -0.1) is 0 Å². The monoisotopic (exact) mass is 295 g/mol. The molecule has 0 aliphatic carbocycles. The van der Waals surface area contributed by atoms with Crippen LogP contribution in [0.3, 0.4) is 0 Å². The Hall–Kier alpha value is -0.910. The maximum absolute atomic E-state index is 12.3. The minimum Gasteiger partial charge on any atom is -0.298 e. The fourth-order valence-corrected chi connectivity index (χ4v) is 4.47. The summed E-state index contributed by atoms with van der Waals surface area (Å²) in [7, 11) is -3.64. The van der Waals surface area contributed by atoms with Crippen LogP contribution in [0.2, 0.25) is 0 Å². The van der Waals surface area contributed by atoms with E-state index in [1.165, 1.54) is 12.8 Å². The van der Waals surface area contributed by atoms with E-state index in [0.29, 0.717) is 0 Å². The summed E-state index contributed by atoms with van der Waals surface area (Å²) >= 11 is 0. The highest BCUT2D eigenvalue weighted by Gasteiger charge is 2.36. The number of rotatable bonds is 3. The second kappa shape index (κ2) is 5.84. The van der Waals surface area contributed by atoms with Gasteiger partial charge in [0.1, 0.15) is 0 Å². The first kappa shape index (κ1) is 14.0. The smallest absolute Gasteiger partial charge is 0.297 e. The predicted molar refractivity (Wildman–Crippen MR) is 76.9 cm³/mol.